The van der Waals surface area contributed by atoms with E-state index in [-0.39, 0.29) is 12.5 Å². The predicted octanol–water partition coefficient (Wildman–Crippen LogP) is 2.76. The van der Waals surface area contributed by atoms with Crippen LogP contribution in [0.3, 0.4) is 0 Å². The van der Waals surface area contributed by atoms with Crippen molar-refractivity contribution in [2.45, 2.75) is 44.6 Å². The number of anilines is 3. The second-order valence-electron chi connectivity index (χ2n) is 6.00. The molecule has 1 aliphatic heterocycles. The molecule has 0 radical (unpaired) electrons. The lowest BCUT2D eigenvalue weighted by atomic mass is 10.1. The second-order valence-corrected chi connectivity index (χ2v) is 6.00. The third-order valence-electron chi connectivity index (χ3n) is 4.51. The van der Waals surface area contributed by atoms with Crippen LogP contribution in [0.1, 0.15) is 38.5 Å². The first-order chi connectivity index (χ1) is 10.1. The smallest absolute Gasteiger partial charge is 0.262 e. The van der Waals surface area contributed by atoms with Gasteiger partial charge in [-0.3, -0.25) is 4.79 Å². The first kappa shape index (κ1) is 14.0. The van der Waals surface area contributed by atoms with Gasteiger partial charge in [-0.2, -0.15) is 0 Å². The molecule has 3 rings (SSSR count). The van der Waals surface area contributed by atoms with Crippen molar-refractivity contribution in [2.24, 2.45) is 0 Å². The van der Waals surface area contributed by atoms with Gasteiger partial charge in [-0.25, -0.2) is 0 Å². The third-order valence-corrected chi connectivity index (χ3v) is 4.51. The average molecular weight is 289 g/mol. The Kier molecular flexibility index (Phi) is 3.90. The largest absolute Gasteiger partial charge is 0.482 e. The van der Waals surface area contributed by atoms with Gasteiger partial charge in [-0.1, -0.05) is 25.7 Å². The molecule has 0 atom stereocenters. The van der Waals surface area contributed by atoms with Crippen molar-refractivity contribution >= 4 is 23.0 Å². The molecule has 0 unspecified atom stereocenters. The number of ether oxygens (including phenoxy) is 1. The highest BCUT2D eigenvalue weighted by atomic mass is 16.5. The maximum absolute atomic E-state index is 11.5. The van der Waals surface area contributed by atoms with Crippen molar-refractivity contribution in [3.63, 3.8) is 0 Å². The second kappa shape index (κ2) is 5.84. The van der Waals surface area contributed by atoms with Gasteiger partial charge in [0.1, 0.15) is 5.75 Å². The number of hydrogen-bond acceptors (Lipinski definition) is 4. The Morgan fingerprint density at radius 3 is 2.67 bits per heavy atom. The fraction of sp³-hybridized carbons (Fsp3) is 0.562. The Balaban J connectivity index is 1.86. The highest BCUT2D eigenvalue weighted by Crippen LogP contribution is 2.38. The Bertz CT molecular complexity index is 537. The van der Waals surface area contributed by atoms with Crippen molar-refractivity contribution in [1.29, 1.82) is 0 Å². The standard InChI is InChI=1S/C16H23N3O2/c1-19(11-6-4-2-3-5-7-11)14-9-13-15(8-12(14)17)21-10-16(20)18-13/h8-9,11H,2-7,10,17H2,1H3,(H,18,20). The van der Waals surface area contributed by atoms with Crippen molar-refractivity contribution in [3.8, 4) is 5.75 Å². The van der Waals surface area contributed by atoms with Crippen LogP contribution in [0.5, 0.6) is 5.75 Å². The van der Waals surface area contributed by atoms with Gasteiger partial charge in [0.05, 0.1) is 17.1 Å². The lowest BCUT2D eigenvalue weighted by molar-refractivity contribution is -0.118. The molecule has 1 saturated carbocycles. The van der Waals surface area contributed by atoms with Crippen molar-refractivity contribution in [2.75, 3.05) is 29.6 Å². The van der Waals surface area contributed by atoms with Gasteiger partial charge in [0.15, 0.2) is 6.61 Å². The number of nitrogen functional groups attached to an aromatic ring is 1. The minimum absolute atomic E-state index is 0.0598. The van der Waals surface area contributed by atoms with Gasteiger partial charge < -0.3 is 20.7 Å². The van der Waals surface area contributed by atoms with Gasteiger partial charge in [-0.15, -0.1) is 0 Å². The molecule has 1 aromatic carbocycles. The number of nitrogens with two attached hydrogens (primary N) is 1. The summed E-state index contributed by atoms with van der Waals surface area (Å²) in [6.07, 6.45) is 7.62. The number of nitrogens with one attached hydrogen (secondary N) is 1. The van der Waals surface area contributed by atoms with Crippen molar-refractivity contribution < 1.29 is 9.53 Å². The molecule has 3 N–H and O–H groups in total. The predicted molar refractivity (Wildman–Crippen MR) is 84.9 cm³/mol. The first-order valence-corrected chi connectivity index (χ1v) is 7.74. The molecule has 0 saturated heterocycles. The SMILES string of the molecule is CN(c1cc2c(cc1N)OCC(=O)N2)C1CCCCCC1. The van der Waals surface area contributed by atoms with E-state index in [1.54, 1.807) is 0 Å². The zero-order valence-electron chi connectivity index (χ0n) is 12.5. The van der Waals surface area contributed by atoms with Crippen LogP contribution < -0.4 is 20.7 Å². The molecule has 0 bridgehead atoms. The Labute approximate surface area is 125 Å². The number of amides is 1. The topological polar surface area (TPSA) is 67.6 Å². The van der Waals surface area contributed by atoms with Crippen LogP contribution in [0.2, 0.25) is 0 Å². The van der Waals surface area contributed by atoms with Gasteiger partial charge >= 0.3 is 0 Å². The molecule has 2 aliphatic rings. The maximum Gasteiger partial charge on any atom is 0.262 e. The fourth-order valence-electron chi connectivity index (χ4n) is 3.28. The van der Waals surface area contributed by atoms with E-state index in [4.69, 9.17) is 10.5 Å². The number of hydrogen-bond donors (Lipinski definition) is 2. The van der Waals surface area contributed by atoms with Crippen LogP contribution in [-0.4, -0.2) is 25.6 Å². The zero-order valence-corrected chi connectivity index (χ0v) is 12.5. The quantitative estimate of drug-likeness (QED) is 0.649. The summed E-state index contributed by atoms with van der Waals surface area (Å²) in [5, 5.41) is 2.85. The van der Waals surface area contributed by atoms with E-state index in [9.17, 15) is 4.79 Å². The number of fused-ring (bicyclic) bond motifs is 1. The van der Waals surface area contributed by atoms with Crippen LogP contribution in [0.25, 0.3) is 0 Å². The highest BCUT2D eigenvalue weighted by molar-refractivity contribution is 5.97. The van der Waals surface area contributed by atoms with E-state index in [0.29, 0.717) is 17.5 Å². The molecule has 21 heavy (non-hydrogen) atoms. The van der Waals surface area contributed by atoms with Crippen LogP contribution >= 0.6 is 0 Å². The molecular weight excluding hydrogens is 266 g/mol. The summed E-state index contributed by atoms with van der Waals surface area (Å²) in [6, 6.07) is 4.28. The van der Waals surface area contributed by atoms with Crippen LogP contribution in [0, 0.1) is 0 Å². The van der Waals surface area contributed by atoms with Crippen LogP contribution in [0.15, 0.2) is 12.1 Å². The Morgan fingerprint density at radius 1 is 1.24 bits per heavy atom. The molecule has 0 spiro atoms. The van der Waals surface area contributed by atoms with E-state index < -0.39 is 0 Å². The molecule has 1 fully saturated rings. The number of rotatable bonds is 2. The summed E-state index contributed by atoms with van der Waals surface area (Å²) in [7, 11) is 2.10. The average Bonchev–Trinajstić information content (AvgIpc) is 2.75. The number of benzene rings is 1. The van der Waals surface area contributed by atoms with Gasteiger partial charge in [0.25, 0.3) is 5.91 Å². The minimum atomic E-state index is -0.115. The monoisotopic (exact) mass is 289 g/mol. The molecular formula is C16H23N3O2. The highest BCUT2D eigenvalue weighted by Gasteiger charge is 2.23. The van der Waals surface area contributed by atoms with Gasteiger partial charge in [0.2, 0.25) is 0 Å². The Hall–Kier alpha value is -1.91. The molecule has 1 heterocycles. The van der Waals surface area contributed by atoms with E-state index in [1.807, 2.05) is 12.1 Å². The van der Waals surface area contributed by atoms with Crippen molar-refractivity contribution in [3.05, 3.63) is 12.1 Å². The summed E-state index contributed by atoms with van der Waals surface area (Å²) >= 11 is 0. The molecule has 114 valence electrons. The van der Waals surface area contributed by atoms with Crippen LogP contribution in [0.4, 0.5) is 17.1 Å². The number of nitrogens with zero attached hydrogens (tertiary/aromatic N) is 1. The fourth-order valence-corrected chi connectivity index (χ4v) is 3.28. The van der Waals surface area contributed by atoms with Crippen LogP contribution in [-0.2, 0) is 4.79 Å². The maximum atomic E-state index is 11.5. The van der Waals surface area contributed by atoms with E-state index in [0.717, 1.165) is 11.4 Å². The lowest BCUT2D eigenvalue weighted by Crippen LogP contribution is -2.32. The summed E-state index contributed by atoms with van der Waals surface area (Å²) in [5.41, 5.74) is 8.59. The summed E-state index contributed by atoms with van der Waals surface area (Å²) < 4.78 is 5.41. The summed E-state index contributed by atoms with van der Waals surface area (Å²) in [5.74, 6) is 0.542. The Morgan fingerprint density at radius 2 is 1.95 bits per heavy atom. The number of carbonyl (C=O) groups excluding carboxylic acids is 1. The molecule has 5 nitrogen and oxygen atoms in total. The summed E-state index contributed by atoms with van der Waals surface area (Å²) in [4.78, 5) is 13.7. The van der Waals surface area contributed by atoms with E-state index in [1.165, 1.54) is 38.5 Å². The normalized spacial score (nSPS) is 19.2. The lowest BCUT2D eigenvalue weighted by Gasteiger charge is -2.31. The zero-order chi connectivity index (χ0) is 14.8. The molecule has 1 aliphatic carbocycles. The molecule has 0 aromatic heterocycles. The molecule has 5 heteroatoms. The van der Waals surface area contributed by atoms with Gasteiger partial charge in [0, 0.05) is 19.2 Å². The number of carbonyl (C=O) groups is 1. The van der Waals surface area contributed by atoms with E-state index >= 15 is 0 Å². The first-order valence-electron chi connectivity index (χ1n) is 7.74. The van der Waals surface area contributed by atoms with Gasteiger partial charge in [-0.05, 0) is 18.9 Å². The minimum Gasteiger partial charge on any atom is -0.482 e. The molecule has 1 amide bonds. The van der Waals surface area contributed by atoms with Crippen molar-refractivity contribution in [1.82, 2.24) is 0 Å². The molecule has 1 aromatic rings. The van der Waals surface area contributed by atoms with E-state index in [2.05, 4.69) is 17.3 Å². The third kappa shape index (κ3) is 2.91. The summed E-state index contributed by atoms with van der Waals surface area (Å²) in [6.45, 7) is 0.0598.